The van der Waals surface area contributed by atoms with Crippen LogP contribution in [0.25, 0.3) is 11.0 Å². The second kappa shape index (κ2) is 5.09. The third kappa shape index (κ3) is 2.10. The van der Waals surface area contributed by atoms with E-state index in [1.54, 1.807) is 31.6 Å². The van der Waals surface area contributed by atoms with Crippen LogP contribution in [0.1, 0.15) is 15.9 Å². The molecule has 0 saturated heterocycles. The normalized spacial score (nSPS) is 10.7. The molecule has 0 spiro atoms. The Bertz CT molecular complexity index is 795. The van der Waals surface area contributed by atoms with Crippen LogP contribution in [0, 0.1) is 0 Å². The van der Waals surface area contributed by atoms with E-state index in [0.29, 0.717) is 22.5 Å². The number of halogens is 1. The number of H-pyrrole nitrogens is 1. The maximum atomic E-state index is 12.7. The Morgan fingerprint density at radius 2 is 2.15 bits per heavy atom. The summed E-state index contributed by atoms with van der Waals surface area (Å²) in [6.45, 7) is 0. The number of ether oxygens (including phenoxy) is 1. The summed E-state index contributed by atoms with van der Waals surface area (Å²) in [4.78, 5) is 19.9. The fourth-order valence-corrected chi connectivity index (χ4v) is 2.48. The summed E-state index contributed by atoms with van der Waals surface area (Å²) in [5.74, 6) is 0.455. The number of carbonyl (C=O) groups excluding carboxylic acids is 1. The Balaban J connectivity index is 2.13. The average molecular weight is 331 g/mol. The van der Waals surface area contributed by atoms with Gasteiger partial charge in [-0.3, -0.25) is 4.79 Å². The van der Waals surface area contributed by atoms with E-state index in [0.717, 1.165) is 9.86 Å². The molecule has 20 heavy (non-hydrogen) atoms. The number of nitrogens with zero attached hydrogens (tertiary/aromatic N) is 1. The summed E-state index contributed by atoms with van der Waals surface area (Å²) in [5, 5.41) is 0.808. The van der Waals surface area contributed by atoms with E-state index < -0.39 is 0 Å². The number of carbonyl (C=O) groups is 1. The molecule has 0 atom stereocenters. The van der Waals surface area contributed by atoms with E-state index in [2.05, 4.69) is 25.9 Å². The number of fused-ring (bicyclic) bond motifs is 1. The highest BCUT2D eigenvalue weighted by molar-refractivity contribution is 9.10. The first-order chi connectivity index (χ1) is 9.70. The van der Waals surface area contributed by atoms with Crippen molar-refractivity contribution in [2.75, 3.05) is 7.11 Å². The number of methoxy groups -OCH3 is 1. The molecular weight excluding hydrogens is 320 g/mol. The molecule has 3 aromatic rings. The predicted molar refractivity (Wildman–Crippen MR) is 80.2 cm³/mol. The maximum Gasteiger partial charge on any atom is 0.198 e. The molecular formula is C15H11BrN2O2. The van der Waals surface area contributed by atoms with Gasteiger partial charge >= 0.3 is 0 Å². The van der Waals surface area contributed by atoms with Crippen LogP contribution < -0.4 is 4.74 Å². The summed E-state index contributed by atoms with van der Waals surface area (Å²) >= 11 is 3.37. The molecule has 0 aliphatic carbocycles. The first-order valence-electron chi connectivity index (χ1n) is 6.01. The molecule has 0 aliphatic rings. The molecule has 2 aromatic heterocycles. The summed E-state index contributed by atoms with van der Waals surface area (Å²) in [6.07, 6.45) is 3.37. The van der Waals surface area contributed by atoms with Crippen LogP contribution in [0.15, 0.2) is 47.2 Å². The third-order valence-corrected chi connectivity index (χ3v) is 3.60. The Labute approximate surface area is 123 Å². The number of aromatic amines is 1. The zero-order chi connectivity index (χ0) is 14.1. The van der Waals surface area contributed by atoms with Gasteiger partial charge in [-0.15, -0.1) is 0 Å². The molecule has 0 aliphatic heterocycles. The minimum Gasteiger partial charge on any atom is -0.496 e. The van der Waals surface area contributed by atoms with Gasteiger partial charge in [-0.2, -0.15) is 0 Å². The van der Waals surface area contributed by atoms with E-state index in [-0.39, 0.29) is 5.78 Å². The molecule has 100 valence electrons. The number of pyridine rings is 1. The van der Waals surface area contributed by atoms with Gasteiger partial charge in [-0.25, -0.2) is 4.98 Å². The fraction of sp³-hybridized carbons (Fsp3) is 0.0667. The summed E-state index contributed by atoms with van der Waals surface area (Å²) in [5.41, 5.74) is 1.82. The minimum absolute atomic E-state index is 0.0893. The van der Waals surface area contributed by atoms with Gasteiger partial charge < -0.3 is 9.72 Å². The highest BCUT2D eigenvalue weighted by Gasteiger charge is 2.18. The molecule has 0 amide bonds. The Morgan fingerprint density at radius 1 is 1.30 bits per heavy atom. The molecule has 0 saturated carbocycles. The number of rotatable bonds is 3. The van der Waals surface area contributed by atoms with Crippen LogP contribution >= 0.6 is 15.9 Å². The lowest BCUT2D eigenvalue weighted by molar-refractivity contribution is 0.103. The van der Waals surface area contributed by atoms with Gasteiger partial charge in [-0.05, 0) is 30.3 Å². The van der Waals surface area contributed by atoms with Crippen LogP contribution in [0.2, 0.25) is 0 Å². The molecule has 0 fully saturated rings. The number of ketones is 1. The lowest BCUT2D eigenvalue weighted by atomic mass is 10.0. The standard InChI is InChI=1S/C15H11BrN2O2/c1-20-13-7-9(16)4-5-11(13)14(19)12-8-18-15-10(12)3-2-6-17-15/h2-8H,1H3,(H,17,18). The van der Waals surface area contributed by atoms with Crippen molar-refractivity contribution in [2.24, 2.45) is 0 Å². The molecule has 0 unspecified atom stereocenters. The Morgan fingerprint density at radius 3 is 2.95 bits per heavy atom. The van der Waals surface area contributed by atoms with Crippen LogP contribution in [-0.2, 0) is 0 Å². The SMILES string of the molecule is COc1cc(Br)ccc1C(=O)c1c[nH]c2ncccc12. The zero-order valence-corrected chi connectivity index (χ0v) is 12.3. The molecule has 2 heterocycles. The Kier molecular flexibility index (Phi) is 3.28. The van der Waals surface area contributed by atoms with Crippen molar-refractivity contribution in [3.63, 3.8) is 0 Å². The predicted octanol–water partition coefficient (Wildman–Crippen LogP) is 3.57. The molecule has 4 nitrogen and oxygen atoms in total. The molecule has 1 aromatic carbocycles. The number of hydrogen-bond acceptors (Lipinski definition) is 3. The fourth-order valence-electron chi connectivity index (χ4n) is 2.14. The highest BCUT2D eigenvalue weighted by atomic mass is 79.9. The van der Waals surface area contributed by atoms with E-state index in [1.165, 1.54) is 0 Å². The summed E-state index contributed by atoms with van der Waals surface area (Å²) in [7, 11) is 1.55. The van der Waals surface area contributed by atoms with Crippen LogP contribution in [0.3, 0.4) is 0 Å². The van der Waals surface area contributed by atoms with Gasteiger partial charge in [0.05, 0.1) is 12.7 Å². The Hall–Kier alpha value is -2.14. The van der Waals surface area contributed by atoms with E-state index in [1.807, 2.05) is 18.2 Å². The van der Waals surface area contributed by atoms with Gasteiger partial charge in [0.2, 0.25) is 0 Å². The van der Waals surface area contributed by atoms with Crippen LogP contribution in [0.5, 0.6) is 5.75 Å². The minimum atomic E-state index is -0.0893. The van der Waals surface area contributed by atoms with Crippen LogP contribution in [-0.4, -0.2) is 22.9 Å². The van der Waals surface area contributed by atoms with Crippen molar-refractivity contribution in [3.05, 3.63) is 58.3 Å². The van der Waals surface area contributed by atoms with Crippen molar-refractivity contribution in [2.45, 2.75) is 0 Å². The topological polar surface area (TPSA) is 55.0 Å². The summed E-state index contributed by atoms with van der Waals surface area (Å²) < 4.78 is 6.15. The molecule has 0 bridgehead atoms. The number of hydrogen-bond donors (Lipinski definition) is 1. The van der Waals surface area contributed by atoms with E-state index >= 15 is 0 Å². The largest absolute Gasteiger partial charge is 0.496 e. The zero-order valence-electron chi connectivity index (χ0n) is 10.7. The first kappa shape index (κ1) is 12.9. The van der Waals surface area contributed by atoms with Crippen molar-refractivity contribution < 1.29 is 9.53 Å². The van der Waals surface area contributed by atoms with Gasteiger partial charge in [0.15, 0.2) is 5.78 Å². The maximum absolute atomic E-state index is 12.7. The number of nitrogens with one attached hydrogen (secondary N) is 1. The van der Waals surface area contributed by atoms with Gasteiger partial charge in [0.25, 0.3) is 0 Å². The second-order valence-corrected chi connectivity index (χ2v) is 5.19. The molecule has 5 heteroatoms. The number of benzene rings is 1. The van der Waals surface area contributed by atoms with Crippen molar-refractivity contribution >= 4 is 32.7 Å². The van der Waals surface area contributed by atoms with Gasteiger partial charge in [0.1, 0.15) is 11.4 Å². The van der Waals surface area contributed by atoms with Crippen molar-refractivity contribution in [1.82, 2.24) is 9.97 Å². The van der Waals surface area contributed by atoms with E-state index in [9.17, 15) is 4.79 Å². The van der Waals surface area contributed by atoms with Crippen molar-refractivity contribution in [3.8, 4) is 5.75 Å². The van der Waals surface area contributed by atoms with Gasteiger partial charge in [-0.1, -0.05) is 15.9 Å². The summed E-state index contributed by atoms with van der Waals surface area (Å²) in [6, 6.07) is 9.03. The monoisotopic (exact) mass is 330 g/mol. The van der Waals surface area contributed by atoms with Gasteiger partial charge in [0, 0.05) is 27.8 Å². The molecule has 1 N–H and O–H groups in total. The highest BCUT2D eigenvalue weighted by Crippen LogP contribution is 2.27. The molecule has 0 radical (unpaired) electrons. The smallest absolute Gasteiger partial charge is 0.198 e. The third-order valence-electron chi connectivity index (χ3n) is 3.10. The average Bonchev–Trinajstić information content (AvgIpc) is 2.90. The van der Waals surface area contributed by atoms with Crippen LogP contribution in [0.4, 0.5) is 0 Å². The quantitative estimate of drug-likeness (QED) is 0.747. The lowest BCUT2D eigenvalue weighted by Crippen LogP contribution is -2.03. The number of aromatic nitrogens is 2. The van der Waals surface area contributed by atoms with E-state index in [4.69, 9.17) is 4.74 Å². The second-order valence-electron chi connectivity index (χ2n) is 4.28. The first-order valence-corrected chi connectivity index (χ1v) is 6.80. The lowest BCUT2D eigenvalue weighted by Gasteiger charge is -2.07. The molecule has 3 rings (SSSR count). The van der Waals surface area contributed by atoms with Crippen molar-refractivity contribution in [1.29, 1.82) is 0 Å².